The van der Waals surface area contributed by atoms with Gasteiger partial charge in [-0.15, -0.1) is 11.3 Å². The van der Waals surface area contributed by atoms with Crippen molar-refractivity contribution in [2.24, 2.45) is 4.99 Å². The number of rotatable bonds is 5. The number of hydrogen-bond donors (Lipinski definition) is 1. The second kappa shape index (κ2) is 9.87. The van der Waals surface area contributed by atoms with E-state index in [9.17, 15) is 9.59 Å². The van der Waals surface area contributed by atoms with Crippen LogP contribution in [0.3, 0.4) is 0 Å². The molecule has 1 N–H and O–H groups in total. The van der Waals surface area contributed by atoms with Gasteiger partial charge in [0.05, 0.1) is 12.7 Å². The van der Waals surface area contributed by atoms with E-state index in [0.29, 0.717) is 34.2 Å². The molecular formula is C22H30ClN3O4S. The fourth-order valence-corrected chi connectivity index (χ4v) is 3.81. The smallest absolute Gasteiger partial charge is 0.407 e. The Labute approximate surface area is 192 Å². The van der Waals surface area contributed by atoms with Crippen LogP contribution in [0.5, 0.6) is 5.75 Å². The van der Waals surface area contributed by atoms with Crippen LogP contribution in [0.15, 0.2) is 29.4 Å². The lowest BCUT2D eigenvalue weighted by Crippen LogP contribution is -2.35. The molecule has 0 bridgehead atoms. The van der Waals surface area contributed by atoms with Gasteiger partial charge in [-0.25, -0.2) is 4.79 Å². The molecule has 170 valence electrons. The summed E-state index contributed by atoms with van der Waals surface area (Å²) in [7, 11) is 1.49. The van der Waals surface area contributed by atoms with Gasteiger partial charge in [0.1, 0.15) is 11.4 Å². The molecule has 2 rings (SSSR count). The maximum atomic E-state index is 12.9. The number of halogens is 1. The zero-order valence-corrected chi connectivity index (χ0v) is 20.6. The molecule has 0 atom stereocenters. The van der Waals surface area contributed by atoms with Gasteiger partial charge in [-0.1, -0.05) is 32.4 Å². The molecule has 2 amide bonds. The van der Waals surface area contributed by atoms with Crippen LogP contribution in [0, 0.1) is 0 Å². The molecule has 0 radical (unpaired) electrons. The van der Waals surface area contributed by atoms with Gasteiger partial charge in [0.2, 0.25) is 0 Å². The first kappa shape index (κ1) is 24.9. The number of hydrogen-bond acceptors (Lipinski definition) is 5. The zero-order chi connectivity index (χ0) is 23.4. The monoisotopic (exact) mass is 467 g/mol. The molecule has 1 aromatic heterocycles. The summed E-state index contributed by atoms with van der Waals surface area (Å²) in [5.74, 6) is -0.0422. The van der Waals surface area contributed by atoms with Gasteiger partial charge >= 0.3 is 6.09 Å². The highest BCUT2D eigenvalue weighted by molar-refractivity contribution is 7.09. The predicted molar refractivity (Wildman–Crippen MR) is 123 cm³/mol. The molecule has 0 aliphatic heterocycles. The van der Waals surface area contributed by atoms with Crippen molar-refractivity contribution in [1.29, 1.82) is 0 Å². The van der Waals surface area contributed by atoms with Crippen molar-refractivity contribution in [3.8, 4) is 5.75 Å². The maximum absolute atomic E-state index is 12.9. The van der Waals surface area contributed by atoms with E-state index in [1.165, 1.54) is 18.4 Å². The number of nitrogens with zero attached hydrogens (tertiary/aromatic N) is 2. The van der Waals surface area contributed by atoms with Crippen LogP contribution in [0.1, 0.15) is 56.8 Å². The van der Waals surface area contributed by atoms with E-state index < -0.39 is 17.6 Å². The third kappa shape index (κ3) is 7.40. The lowest BCUT2D eigenvalue weighted by atomic mass is 9.95. The lowest BCUT2D eigenvalue weighted by molar-refractivity contribution is 0.0525. The second-order valence-electron chi connectivity index (χ2n) is 9.01. The fraction of sp³-hybridized carbons (Fsp3) is 0.500. The molecule has 9 heteroatoms. The first-order valence-corrected chi connectivity index (χ1v) is 11.1. The maximum Gasteiger partial charge on any atom is 0.407 e. The summed E-state index contributed by atoms with van der Waals surface area (Å²) in [4.78, 5) is 30.7. The van der Waals surface area contributed by atoms with Crippen molar-refractivity contribution in [1.82, 2.24) is 9.88 Å². The molecular weight excluding hydrogens is 438 g/mol. The third-order valence-corrected chi connectivity index (χ3v) is 5.75. The quantitative estimate of drug-likeness (QED) is 0.686. The summed E-state index contributed by atoms with van der Waals surface area (Å²) in [5.41, 5.74) is -0.392. The van der Waals surface area contributed by atoms with E-state index in [1.54, 1.807) is 18.2 Å². The standard InChI is InChI=1S/C22H30ClN3O4S/c1-21(2,3)17-13-26(11-10-24-20(28)30-22(4,5)6)19(31-17)25-18(27)15-12-14(23)8-9-16(15)29-7/h8-9,12-13H,10-11H2,1-7H3,(H,24,28)/b25-19-. The number of alkyl carbamates (subject to hydrolysis) is 1. The Kier molecular flexibility index (Phi) is 7.94. The number of ether oxygens (including phenoxy) is 2. The van der Waals surface area contributed by atoms with Crippen LogP contribution < -0.4 is 14.9 Å². The Morgan fingerprint density at radius 3 is 2.45 bits per heavy atom. The zero-order valence-electron chi connectivity index (χ0n) is 19.0. The van der Waals surface area contributed by atoms with E-state index in [2.05, 4.69) is 31.1 Å². The molecule has 0 saturated heterocycles. The fourth-order valence-electron chi connectivity index (χ4n) is 2.56. The topological polar surface area (TPSA) is 81.9 Å². The van der Waals surface area contributed by atoms with E-state index >= 15 is 0 Å². The van der Waals surface area contributed by atoms with Gasteiger partial charge in [0, 0.05) is 29.2 Å². The number of aromatic nitrogens is 1. The van der Waals surface area contributed by atoms with E-state index in [0.717, 1.165) is 4.88 Å². The Morgan fingerprint density at radius 2 is 1.87 bits per heavy atom. The van der Waals surface area contributed by atoms with Crippen LogP contribution in [0.4, 0.5) is 4.79 Å². The summed E-state index contributed by atoms with van der Waals surface area (Å²) in [5, 5.41) is 3.16. The van der Waals surface area contributed by atoms with Gasteiger partial charge in [0.25, 0.3) is 5.91 Å². The Balaban J connectivity index is 2.32. The molecule has 0 fully saturated rings. The van der Waals surface area contributed by atoms with Crippen LogP contribution in [0.2, 0.25) is 5.02 Å². The Morgan fingerprint density at radius 1 is 1.19 bits per heavy atom. The highest BCUT2D eigenvalue weighted by Gasteiger charge is 2.20. The summed E-state index contributed by atoms with van der Waals surface area (Å²) in [6, 6.07) is 4.83. The van der Waals surface area contributed by atoms with E-state index in [-0.39, 0.29) is 5.41 Å². The SMILES string of the molecule is COc1ccc(Cl)cc1C(=O)/N=c1\sc(C(C)(C)C)cn1CCNC(=O)OC(C)(C)C. The van der Waals surface area contributed by atoms with Gasteiger partial charge in [-0.05, 0) is 44.4 Å². The van der Waals surface area contributed by atoms with E-state index in [1.807, 2.05) is 31.5 Å². The van der Waals surface area contributed by atoms with Crippen molar-refractivity contribution < 1.29 is 19.1 Å². The van der Waals surface area contributed by atoms with E-state index in [4.69, 9.17) is 21.1 Å². The number of thiazole rings is 1. The summed E-state index contributed by atoms with van der Waals surface area (Å²) in [6.07, 6.45) is 1.47. The summed E-state index contributed by atoms with van der Waals surface area (Å²) >= 11 is 7.49. The molecule has 0 aliphatic rings. The second-order valence-corrected chi connectivity index (χ2v) is 10.5. The van der Waals surface area contributed by atoms with Crippen molar-refractivity contribution in [3.63, 3.8) is 0 Å². The van der Waals surface area contributed by atoms with Crippen molar-refractivity contribution in [3.05, 3.63) is 44.7 Å². The van der Waals surface area contributed by atoms with Crippen LogP contribution in [-0.4, -0.2) is 35.8 Å². The Hall–Kier alpha value is -2.32. The average molecular weight is 468 g/mol. The van der Waals surface area contributed by atoms with Crippen LogP contribution in [0.25, 0.3) is 0 Å². The van der Waals surface area contributed by atoms with Crippen LogP contribution >= 0.6 is 22.9 Å². The predicted octanol–water partition coefficient (Wildman–Crippen LogP) is 4.77. The molecule has 0 unspecified atom stereocenters. The number of methoxy groups -OCH3 is 1. The first-order chi connectivity index (χ1) is 14.3. The number of carbonyl (C=O) groups excluding carboxylic acids is 2. The molecule has 7 nitrogen and oxygen atoms in total. The number of amides is 2. The summed E-state index contributed by atoms with van der Waals surface area (Å²) in [6.45, 7) is 12.5. The minimum Gasteiger partial charge on any atom is -0.496 e. The Bertz CT molecular complexity index is 1010. The highest BCUT2D eigenvalue weighted by atomic mass is 35.5. The molecule has 2 aromatic rings. The lowest BCUT2D eigenvalue weighted by Gasteiger charge is -2.19. The van der Waals surface area contributed by atoms with Crippen LogP contribution in [-0.2, 0) is 16.7 Å². The molecule has 0 aliphatic carbocycles. The molecule has 0 saturated carbocycles. The van der Waals surface area contributed by atoms with Gasteiger partial charge in [-0.3, -0.25) is 4.79 Å². The summed E-state index contributed by atoms with van der Waals surface area (Å²) < 4.78 is 12.4. The largest absolute Gasteiger partial charge is 0.496 e. The highest BCUT2D eigenvalue weighted by Crippen LogP contribution is 2.25. The van der Waals surface area contributed by atoms with Gasteiger partial charge in [-0.2, -0.15) is 4.99 Å². The van der Waals surface area contributed by atoms with Crippen molar-refractivity contribution >= 4 is 34.9 Å². The molecule has 0 spiro atoms. The molecule has 31 heavy (non-hydrogen) atoms. The minimum atomic E-state index is -0.568. The third-order valence-electron chi connectivity index (χ3n) is 4.07. The first-order valence-electron chi connectivity index (χ1n) is 9.90. The normalized spacial score (nSPS) is 12.6. The average Bonchev–Trinajstić information content (AvgIpc) is 3.03. The van der Waals surface area contributed by atoms with Gasteiger partial charge in [0.15, 0.2) is 4.80 Å². The molecule has 1 aromatic carbocycles. The number of benzene rings is 1. The number of carbonyl (C=O) groups is 2. The molecule has 1 heterocycles. The van der Waals surface area contributed by atoms with Crippen molar-refractivity contribution in [2.75, 3.05) is 13.7 Å². The van der Waals surface area contributed by atoms with Crippen molar-refractivity contribution in [2.45, 2.75) is 59.1 Å². The minimum absolute atomic E-state index is 0.116. The van der Waals surface area contributed by atoms with Gasteiger partial charge < -0.3 is 19.4 Å². The number of nitrogens with one attached hydrogen (secondary N) is 1.